The van der Waals surface area contributed by atoms with Gasteiger partial charge in [-0.15, -0.1) is 0 Å². The first-order valence-corrected chi connectivity index (χ1v) is 13.3. The number of ether oxygens (including phenoxy) is 1. The molecule has 1 N–H and O–H groups in total. The summed E-state index contributed by atoms with van der Waals surface area (Å²) in [6.07, 6.45) is 5.44. The molecular formula is C31H27F2N5O2. The van der Waals surface area contributed by atoms with Gasteiger partial charge in [0.2, 0.25) is 0 Å². The molecule has 1 atom stereocenters. The largest absolute Gasteiger partial charge is 0.490 e. The average molecular weight is 540 g/mol. The highest BCUT2D eigenvalue weighted by Crippen LogP contribution is 2.51. The summed E-state index contributed by atoms with van der Waals surface area (Å²) >= 11 is 0. The Morgan fingerprint density at radius 2 is 1.88 bits per heavy atom. The van der Waals surface area contributed by atoms with Crippen molar-refractivity contribution in [3.8, 4) is 34.3 Å². The molecule has 9 heteroatoms. The lowest BCUT2D eigenvalue weighted by Crippen LogP contribution is -2.31. The normalized spacial score (nSPS) is 16.6. The number of nitriles is 1. The van der Waals surface area contributed by atoms with Crippen molar-refractivity contribution < 1.29 is 13.5 Å². The monoisotopic (exact) mass is 539 g/mol. The number of rotatable bonds is 6. The Kier molecular flexibility index (Phi) is 6.64. The number of pyridine rings is 1. The number of hydrogen-bond acceptors (Lipinski definition) is 6. The van der Waals surface area contributed by atoms with Gasteiger partial charge >= 0.3 is 5.92 Å². The zero-order chi connectivity index (χ0) is 27.9. The van der Waals surface area contributed by atoms with E-state index in [0.717, 1.165) is 30.5 Å². The molecule has 7 nitrogen and oxygen atoms in total. The molecule has 0 radical (unpaired) electrons. The van der Waals surface area contributed by atoms with E-state index in [1.54, 1.807) is 31.5 Å². The van der Waals surface area contributed by atoms with Crippen molar-refractivity contribution in [3.05, 3.63) is 99.7 Å². The Balaban J connectivity index is 1.29. The molecule has 2 aliphatic rings. The Labute approximate surface area is 230 Å². The number of nitrogens with one attached hydrogen (secondary N) is 1. The van der Waals surface area contributed by atoms with E-state index in [1.165, 1.54) is 30.3 Å². The Morgan fingerprint density at radius 1 is 1.10 bits per heavy atom. The molecule has 4 aromatic rings. The van der Waals surface area contributed by atoms with Crippen molar-refractivity contribution in [1.29, 1.82) is 5.26 Å². The highest BCUT2D eigenvalue weighted by molar-refractivity contribution is 5.79. The van der Waals surface area contributed by atoms with E-state index in [2.05, 4.69) is 15.3 Å². The van der Waals surface area contributed by atoms with Crippen LogP contribution in [0, 0.1) is 17.2 Å². The smallest absolute Gasteiger partial charge is 0.314 e. The maximum absolute atomic E-state index is 15.8. The second-order valence-electron chi connectivity index (χ2n) is 10.3. The molecule has 202 valence electrons. The number of nitrogens with zero attached hydrogens (tertiary/aromatic N) is 4. The molecule has 1 saturated heterocycles. The highest BCUT2D eigenvalue weighted by Gasteiger charge is 2.47. The van der Waals surface area contributed by atoms with Crippen molar-refractivity contribution in [2.24, 2.45) is 5.92 Å². The van der Waals surface area contributed by atoms with Crippen LogP contribution in [0.5, 0.6) is 5.75 Å². The van der Waals surface area contributed by atoms with Gasteiger partial charge in [-0.25, -0.2) is 9.97 Å². The van der Waals surface area contributed by atoms with Gasteiger partial charge in [0.15, 0.2) is 11.6 Å². The van der Waals surface area contributed by atoms with Gasteiger partial charge < -0.3 is 10.1 Å². The summed E-state index contributed by atoms with van der Waals surface area (Å²) in [5.41, 5.74) is 1.05. The maximum Gasteiger partial charge on any atom is 0.314 e. The number of hydrogen-bond donors (Lipinski definition) is 1. The molecule has 1 unspecified atom stereocenters. The van der Waals surface area contributed by atoms with Crippen LogP contribution in [0.15, 0.2) is 71.8 Å². The molecule has 1 aliphatic heterocycles. The average Bonchev–Trinajstić information content (AvgIpc) is 3.22. The van der Waals surface area contributed by atoms with Gasteiger partial charge in [0, 0.05) is 22.8 Å². The molecule has 6 rings (SSSR count). The molecule has 0 amide bonds. The predicted molar refractivity (Wildman–Crippen MR) is 146 cm³/mol. The summed E-state index contributed by atoms with van der Waals surface area (Å²) in [7, 11) is 0. The zero-order valence-electron chi connectivity index (χ0n) is 21.9. The third-order valence-electron chi connectivity index (χ3n) is 7.79. The predicted octanol–water partition coefficient (Wildman–Crippen LogP) is 5.29. The summed E-state index contributed by atoms with van der Waals surface area (Å²) in [6, 6.07) is 15.4. The Morgan fingerprint density at radius 3 is 2.62 bits per heavy atom. The molecule has 1 aliphatic carbocycles. The molecular weight excluding hydrogens is 512 g/mol. The number of piperidine rings is 1. The molecule has 0 saturated carbocycles. The minimum Gasteiger partial charge on any atom is -0.490 e. The molecule has 3 heterocycles. The molecule has 0 bridgehead atoms. The fourth-order valence-electron chi connectivity index (χ4n) is 5.60. The number of benzene rings is 2. The van der Waals surface area contributed by atoms with Crippen LogP contribution in [-0.4, -0.2) is 34.2 Å². The second-order valence-corrected chi connectivity index (χ2v) is 10.3. The van der Waals surface area contributed by atoms with Crippen LogP contribution in [0.1, 0.15) is 48.2 Å². The van der Waals surface area contributed by atoms with Crippen LogP contribution in [0.3, 0.4) is 0 Å². The summed E-state index contributed by atoms with van der Waals surface area (Å²) in [5.74, 6) is -1.82. The van der Waals surface area contributed by atoms with Gasteiger partial charge in [0.1, 0.15) is 5.69 Å². The second kappa shape index (κ2) is 10.3. The first-order chi connectivity index (χ1) is 19.4. The molecule has 0 spiro atoms. The standard InChI is InChI=1S/C31H27F2N5O2/c1-19(38-28(39)8-6-25-26-13-21(15-34)5-7-27(26)31(32,33)29(25)38)22-3-2-4-23(14-22)30-36-16-24(17-37-30)40-18-20-9-11-35-12-10-20/h2-8,13-14,16-17,19-20,35H,9-12,18H2,1H3. The van der Waals surface area contributed by atoms with E-state index < -0.39 is 17.5 Å². The van der Waals surface area contributed by atoms with Crippen molar-refractivity contribution >= 4 is 0 Å². The van der Waals surface area contributed by atoms with E-state index in [0.29, 0.717) is 35.2 Å². The van der Waals surface area contributed by atoms with E-state index in [1.807, 2.05) is 18.2 Å². The Hall–Kier alpha value is -4.42. The van der Waals surface area contributed by atoms with Gasteiger partial charge in [-0.05, 0) is 74.2 Å². The lowest BCUT2D eigenvalue weighted by Gasteiger charge is -2.23. The highest BCUT2D eigenvalue weighted by atomic mass is 19.3. The summed E-state index contributed by atoms with van der Waals surface area (Å²) < 4.78 is 38.6. The fourth-order valence-corrected chi connectivity index (χ4v) is 5.60. The minimum absolute atomic E-state index is 0.210. The van der Waals surface area contributed by atoms with Crippen LogP contribution in [-0.2, 0) is 5.92 Å². The zero-order valence-corrected chi connectivity index (χ0v) is 21.9. The molecule has 40 heavy (non-hydrogen) atoms. The van der Waals surface area contributed by atoms with E-state index >= 15 is 8.78 Å². The van der Waals surface area contributed by atoms with Crippen LogP contribution in [0.25, 0.3) is 22.5 Å². The molecule has 2 aromatic carbocycles. The topological polar surface area (TPSA) is 92.8 Å². The third-order valence-corrected chi connectivity index (χ3v) is 7.79. The van der Waals surface area contributed by atoms with Gasteiger partial charge in [0.25, 0.3) is 5.56 Å². The van der Waals surface area contributed by atoms with E-state index in [-0.39, 0.29) is 27.9 Å². The van der Waals surface area contributed by atoms with Crippen molar-refractivity contribution in [2.75, 3.05) is 19.7 Å². The quantitative estimate of drug-likeness (QED) is 0.358. The SMILES string of the molecule is CC(c1cccc(-c2ncc(OCC3CCNCC3)cn2)c1)n1c2c(ccc1=O)-c1cc(C#N)ccc1C2(F)F. The third kappa shape index (κ3) is 4.54. The number of halogens is 2. The van der Waals surface area contributed by atoms with Gasteiger partial charge in [-0.2, -0.15) is 14.0 Å². The lowest BCUT2D eigenvalue weighted by atomic mass is 9.99. The minimum atomic E-state index is -3.39. The number of aromatic nitrogens is 3. The number of alkyl halides is 2. The van der Waals surface area contributed by atoms with E-state index in [9.17, 15) is 10.1 Å². The van der Waals surface area contributed by atoms with Gasteiger partial charge in [0.05, 0.1) is 36.7 Å². The van der Waals surface area contributed by atoms with Crippen LogP contribution in [0.4, 0.5) is 8.78 Å². The Bertz CT molecular complexity index is 1670. The fraction of sp³-hybridized carbons (Fsp3) is 0.290. The van der Waals surface area contributed by atoms with Gasteiger partial charge in [-0.1, -0.05) is 24.3 Å². The first-order valence-electron chi connectivity index (χ1n) is 13.3. The first kappa shape index (κ1) is 25.8. The maximum atomic E-state index is 15.8. The van der Waals surface area contributed by atoms with Crippen LogP contribution < -0.4 is 15.6 Å². The van der Waals surface area contributed by atoms with Crippen LogP contribution >= 0.6 is 0 Å². The van der Waals surface area contributed by atoms with Crippen molar-refractivity contribution in [1.82, 2.24) is 19.9 Å². The molecule has 2 aromatic heterocycles. The van der Waals surface area contributed by atoms with Crippen molar-refractivity contribution in [3.63, 3.8) is 0 Å². The van der Waals surface area contributed by atoms with Crippen molar-refractivity contribution in [2.45, 2.75) is 31.7 Å². The van der Waals surface area contributed by atoms with E-state index in [4.69, 9.17) is 4.74 Å². The molecule has 1 fully saturated rings. The lowest BCUT2D eigenvalue weighted by molar-refractivity contribution is 0.0376. The summed E-state index contributed by atoms with van der Waals surface area (Å²) in [6.45, 7) is 4.35. The summed E-state index contributed by atoms with van der Waals surface area (Å²) in [4.78, 5) is 22.0. The van der Waals surface area contributed by atoms with Crippen LogP contribution in [0.2, 0.25) is 0 Å². The van der Waals surface area contributed by atoms with Gasteiger partial charge in [-0.3, -0.25) is 9.36 Å². The number of fused-ring (bicyclic) bond motifs is 3. The summed E-state index contributed by atoms with van der Waals surface area (Å²) in [5, 5.41) is 12.6.